The molecule has 1 atom stereocenters. The summed E-state index contributed by atoms with van der Waals surface area (Å²) in [5.41, 5.74) is 1.38. The van der Waals surface area contributed by atoms with Gasteiger partial charge in [0.25, 0.3) is 0 Å². The zero-order valence-corrected chi connectivity index (χ0v) is 12.4. The van der Waals surface area contributed by atoms with Crippen molar-refractivity contribution in [2.45, 2.75) is 47.1 Å². The van der Waals surface area contributed by atoms with E-state index >= 15 is 0 Å². The maximum absolute atomic E-state index is 6.36. The van der Waals surface area contributed by atoms with Crippen molar-refractivity contribution >= 4 is 22.9 Å². The standard InChI is InChI=1S/C13H22ClNS/c1-6-7-15-12(13(3,4)5)11-10(14)9(2)8-16-11/h8,12,15H,6-7H2,1-5H3. The molecule has 0 saturated heterocycles. The molecule has 1 N–H and O–H groups in total. The molecule has 1 aromatic rings. The van der Waals surface area contributed by atoms with E-state index in [1.54, 1.807) is 11.3 Å². The quantitative estimate of drug-likeness (QED) is 0.819. The van der Waals surface area contributed by atoms with Crippen molar-refractivity contribution in [3.05, 3.63) is 20.8 Å². The van der Waals surface area contributed by atoms with Crippen LogP contribution in [0.5, 0.6) is 0 Å². The van der Waals surface area contributed by atoms with Gasteiger partial charge in [-0.15, -0.1) is 11.3 Å². The molecule has 92 valence electrons. The van der Waals surface area contributed by atoms with E-state index in [0.29, 0.717) is 6.04 Å². The van der Waals surface area contributed by atoms with Crippen LogP contribution in [-0.4, -0.2) is 6.54 Å². The summed E-state index contributed by atoms with van der Waals surface area (Å²) in [6.45, 7) is 12.1. The number of thiophene rings is 1. The highest BCUT2D eigenvalue weighted by Gasteiger charge is 2.28. The molecule has 0 aliphatic heterocycles. The Morgan fingerprint density at radius 2 is 2.06 bits per heavy atom. The van der Waals surface area contributed by atoms with Crippen LogP contribution >= 0.6 is 22.9 Å². The van der Waals surface area contributed by atoms with Crippen LogP contribution < -0.4 is 5.32 Å². The van der Waals surface area contributed by atoms with E-state index in [4.69, 9.17) is 11.6 Å². The van der Waals surface area contributed by atoms with Gasteiger partial charge in [0.1, 0.15) is 0 Å². The molecule has 0 bridgehead atoms. The van der Waals surface area contributed by atoms with E-state index in [2.05, 4.69) is 45.3 Å². The van der Waals surface area contributed by atoms with Crippen molar-refractivity contribution in [1.29, 1.82) is 0 Å². The minimum atomic E-state index is 0.191. The zero-order chi connectivity index (χ0) is 12.3. The average Bonchev–Trinajstić information content (AvgIpc) is 2.48. The van der Waals surface area contributed by atoms with E-state index < -0.39 is 0 Å². The van der Waals surface area contributed by atoms with Crippen LogP contribution in [0.4, 0.5) is 0 Å². The second-order valence-corrected chi connectivity index (χ2v) is 6.64. The Balaban J connectivity index is 2.97. The van der Waals surface area contributed by atoms with Gasteiger partial charge in [0.15, 0.2) is 0 Å². The highest BCUT2D eigenvalue weighted by molar-refractivity contribution is 7.10. The first kappa shape index (κ1) is 14.0. The van der Waals surface area contributed by atoms with Crippen molar-refractivity contribution in [3.63, 3.8) is 0 Å². The van der Waals surface area contributed by atoms with Crippen LogP contribution in [0.3, 0.4) is 0 Å². The third-order valence-corrected chi connectivity index (χ3v) is 4.43. The molecule has 16 heavy (non-hydrogen) atoms. The first-order valence-electron chi connectivity index (χ1n) is 5.84. The predicted molar refractivity (Wildman–Crippen MR) is 74.6 cm³/mol. The van der Waals surface area contributed by atoms with E-state index in [9.17, 15) is 0 Å². The summed E-state index contributed by atoms with van der Waals surface area (Å²) in [5.74, 6) is 0. The van der Waals surface area contributed by atoms with Crippen molar-refractivity contribution in [1.82, 2.24) is 5.32 Å². The first-order chi connectivity index (χ1) is 7.38. The lowest BCUT2D eigenvalue weighted by Crippen LogP contribution is -2.32. The fourth-order valence-corrected chi connectivity index (χ4v) is 3.35. The van der Waals surface area contributed by atoms with Gasteiger partial charge in [-0.05, 0) is 36.2 Å². The number of rotatable bonds is 4. The first-order valence-corrected chi connectivity index (χ1v) is 7.10. The molecular formula is C13H22ClNS. The summed E-state index contributed by atoms with van der Waals surface area (Å²) >= 11 is 8.13. The Hall–Kier alpha value is -0.0500. The van der Waals surface area contributed by atoms with Gasteiger partial charge in [-0.25, -0.2) is 0 Å². The molecule has 0 aromatic carbocycles. The molecule has 1 heterocycles. The van der Waals surface area contributed by atoms with Crippen LogP contribution in [0.1, 0.15) is 50.6 Å². The lowest BCUT2D eigenvalue weighted by molar-refractivity contribution is 0.277. The van der Waals surface area contributed by atoms with Gasteiger partial charge >= 0.3 is 0 Å². The third-order valence-electron chi connectivity index (χ3n) is 2.65. The molecule has 3 heteroatoms. The third kappa shape index (κ3) is 3.22. The molecule has 0 amide bonds. The highest BCUT2D eigenvalue weighted by atomic mass is 35.5. The molecule has 0 saturated carbocycles. The van der Waals surface area contributed by atoms with Crippen LogP contribution in [0.2, 0.25) is 5.02 Å². The lowest BCUT2D eigenvalue weighted by atomic mass is 9.85. The maximum Gasteiger partial charge on any atom is 0.0590 e. The Bertz CT molecular complexity index is 338. The molecule has 1 rings (SSSR count). The van der Waals surface area contributed by atoms with E-state index in [-0.39, 0.29) is 5.41 Å². The van der Waals surface area contributed by atoms with Gasteiger partial charge in [-0.3, -0.25) is 0 Å². The summed E-state index contributed by atoms with van der Waals surface area (Å²) in [4.78, 5) is 1.28. The Morgan fingerprint density at radius 3 is 2.44 bits per heavy atom. The van der Waals surface area contributed by atoms with E-state index in [1.165, 1.54) is 10.4 Å². The molecule has 0 spiro atoms. The van der Waals surface area contributed by atoms with Crippen molar-refractivity contribution in [2.75, 3.05) is 6.54 Å². The summed E-state index contributed by atoms with van der Waals surface area (Å²) in [5, 5.41) is 6.69. The Labute approximate surface area is 108 Å². The van der Waals surface area contributed by atoms with Crippen LogP contribution in [0, 0.1) is 12.3 Å². The molecular weight excluding hydrogens is 238 g/mol. The van der Waals surface area contributed by atoms with Gasteiger partial charge in [-0.2, -0.15) is 0 Å². The minimum absolute atomic E-state index is 0.191. The molecule has 1 aromatic heterocycles. The fraction of sp³-hybridized carbons (Fsp3) is 0.692. The molecule has 0 radical (unpaired) electrons. The fourth-order valence-electron chi connectivity index (χ4n) is 1.73. The van der Waals surface area contributed by atoms with Crippen molar-refractivity contribution < 1.29 is 0 Å². The summed E-state index contributed by atoms with van der Waals surface area (Å²) in [7, 11) is 0. The normalized spacial score (nSPS) is 14.1. The minimum Gasteiger partial charge on any atom is -0.309 e. The maximum atomic E-state index is 6.36. The largest absolute Gasteiger partial charge is 0.309 e. The van der Waals surface area contributed by atoms with Gasteiger partial charge in [-0.1, -0.05) is 39.3 Å². The topological polar surface area (TPSA) is 12.0 Å². The molecule has 1 unspecified atom stereocenters. The molecule has 0 fully saturated rings. The van der Waals surface area contributed by atoms with Crippen LogP contribution in [0.25, 0.3) is 0 Å². The van der Waals surface area contributed by atoms with E-state index in [0.717, 1.165) is 18.0 Å². The van der Waals surface area contributed by atoms with E-state index in [1.807, 2.05) is 0 Å². The molecule has 1 nitrogen and oxygen atoms in total. The smallest absolute Gasteiger partial charge is 0.0590 e. The predicted octanol–water partition coefficient (Wildman–Crippen LogP) is 4.80. The summed E-state index contributed by atoms with van der Waals surface area (Å²) in [6, 6.07) is 0.346. The number of aryl methyl sites for hydroxylation is 1. The Kier molecular flexibility index (Phi) is 4.84. The second-order valence-electron chi connectivity index (χ2n) is 5.35. The SMILES string of the molecule is CCCNC(c1scc(C)c1Cl)C(C)(C)C. The van der Waals surface area contributed by atoms with Gasteiger partial charge in [0, 0.05) is 10.9 Å². The van der Waals surface area contributed by atoms with Gasteiger partial charge in [0.05, 0.1) is 5.02 Å². The number of nitrogens with one attached hydrogen (secondary N) is 1. The molecule has 0 aliphatic rings. The van der Waals surface area contributed by atoms with Crippen molar-refractivity contribution in [3.8, 4) is 0 Å². The summed E-state index contributed by atoms with van der Waals surface area (Å²) in [6.07, 6.45) is 1.15. The average molecular weight is 260 g/mol. The van der Waals surface area contributed by atoms with Gasteiger partial charge in [0.2, 0.25) is 0 Å². The second kappa shape index (κ2) is 5.52. The van der Waals surface area contributed by atoms with Crippen molar-refractivity contribution in [2.24, 2.45) is 5.41 Å². The number of hydrogen-bond donors (Lipinski definition) is 1. The summed E-state index contributed by atoms with van der Waals surface area (Å²) < 4.78 is 0. The van der Waals surface area contributed by atoms with Crippen LogP contribution in [-0.2, 0) is 0 Å². The number of hydrogen-bond acceptors (Lipinski definition) is 2. The number of halogens is 1. The highest BCUT2D eigenvalue weighted by Crippen LogP contribution is 2.40. The van der Waals surface area contributed by atoms with Crippen LogP contribution in [0.15, 0.2) is 5.38 Å². The zero-order valence-electron chi connectivity index (χ0n) is 10.9. The van der Waals surface area contributed by atoms with Gasteiger partial charge < -0.3 is 5.32 Å². The molecule has 0 aliphatic carbocycles. The Morgan fingerprint density at radius 1 is 1.44 bits per heavy atom. The monoisotopic (exact) mass is 259 g/mol. The lowest BCUT2D eigenvalue weighted by Gasteiger charge is -2.31.